The van der Waals surface area contributed by atoms with Gasteiger partial charge in [0.1, 0.15) is 0 Å². The van der Waals surface area contributed by atoms with Gasteiger partial charge in [-0.15, -0.1) is 0 Å². The summed E-state index contributed by atoms with van der Waals surface area (Å²) < 4.78 is 7.60. The molecule has 7 nitrogen and oxygen atoms in total. The zero-order chi connectivity index (χ0) is 29.5. The fraction of sp³-hybridized carbons (Fsp3) is 0.303. The summed E-state index contributed by atoms with van der Waals surface area (Å²) in [5.41, 5.74) is 7.06. The lowest BCUT2D eigenvalue weighted by atomic mass is 9.86. The summed E-state index contributed by atoms with van der Waals surface area (Å²) in [7, 11) is 0. The number of hydrogen-bond acceptors (Lipinski definition) is 4. The van der Waals surface area contributed by atoms with Crippen LogP contribution in [0.4, 0.5) is 10.5 Å². The Bertz CT molecular complexity index is 1680. The molecule has 0 radical (unpaired) electrons. The zero-order valence-electron chi connectivity index (χ0n) is 23.4. The van der Waals surface area contributed by atoms with Gasteiger partial charge in [-0.2, -0.15) is 5.10 Å². The Kier molecular flexibility index (Phi) is 7.73. The molecule has 3 unspecified atom stereocenters. The van der Waals surface area contributed by atoms with Crippen molar-refractivity contribution in [1.82, 2.24) is 9.78 Å². The Balaban J connectivity index is 1.18. The molecule has 1 aliphatic heterocycles. The Morgan fingerprint density at radius 2 is 1.90 bits per heavy atom. The molecule has 1 saturated carbocycles. The van der Waals surface area contributed by atoms with Gasteiger partial charge < -0.3 is 9.84 Å². The van der Waals surface area contributed by atoms with Crippen molar-refractivity contribution in [3.63, 3.8) is 0 Å². The van der Waals surface area contributed by atoms with Gasteiger partial charge >= 0.3 is 12.1 Å². The zero-order valence-corrected chi connectivity index (χ0v) is 24.9. The largest absolute Gasteiger partial charge is 0.478 e. The van der Waals surface area contributed by atoms with Gasteiger partial charge in [0.05, 0.1) is 30.6 Å². The molecule has 42 heavy (non-hydrogen) atoms. The second-order valence-electron chi connectivity index (χ2n) is 11.3. The lowest BCUT2D eigenvalue weighted by molar-refractivity contribution is 0.0696. The van der Waals surface area contributed by atoms with Gasteiger partial charge in [-0.05, 0) is 89.8 Å². The fourth-order valence-corrected chi connectivity index (χ4v) is 6.38. The van der Waals surface area contributed by atoms with Crippen LogP contribution >= 0.6 is 23.2 Å². The number of benzene rings is 3. The average Bonchev–Trinajstić information content (AvgIpc) is 3.60. The number of anilines is 1. The van der Waals surface area contributed by atoms with Crippen molar-refractivity contribution in [3.05, 3.63) is 105 Å². The van der Waals surface area contributed by atoms with Crippen molar-refractivity contribution in [2.45, 2.75) is 45.1 Å². The smallest absolute Gasteiger partial charge is 0.414 e. The molecule has 1 aliphatic carbocycles. The molecule has 2 heterocycles. The van der Waals surface area contributed by atoms with E-state index in [0.29, 0.717) is 42.1 Å². The number of halogens is 2. The van der Waals surface area contributed by atoms with Crippen LogP contribution in [0.25, 0.3) is 11.1 Å². The quantitative estimate of drug-likeness (QED) is 0.230. The minimum atomic E-state index is -1.00. The number of carboxylic acids is 1. The molecule has 9 heteroatoms. The van der Waals surface area contributed by atoms with Gasteiger partial charge in [-0.3, -0.25) is 9.58 Å². The Morgan fingerprint density at radius 3 is 2.71 bits per heavy atom. The molecule has 0 bridgehead atoms. The van der Waals surface area contributed by atoms with Gasteiger partial charge in [0.2, 0.25) is 0 Å². The summed E-state index contributed by atoms with van der Waals surface area (Å²) in [4.78, 5) is 26.5. The van der Waals surface area contributed by atoms with Crippen molar-refractivity contribution < 1.29 is 19.4 Å². The number of amides is 1. The maximum atomic E-state index is 13.3. The standard InChI is InChI=1S/C33H31Cl2N3O4/c1-19-11-12-38(33(41)42-18-23-14-27(23)25-5-3-7-28(34)20(25)2)30-8-4-6-26(31(19)30)24-15-36-37(17-24)16-22-13-21(32(39)40)9-10-29(22)35/h3-10,13,15,17,19,23,27H,11-12,14,16,18H2,1-2H3,(H,39,40). The molecule has 3 aromatic carbocycles. The first-order valence-electron chi connectivity index (χ1n) is 14.1. The number of fused-ring (bicyclic) bond motifs is 1. The summed E-state index contributed by atoms with van der Waals surface area (Å²) in [6, 6.07) is 16.6. The van der Waals surface area contributed by atoms with E-state index >= 15 is 0 Å². The van der Waals surface area contributed by atoms with Crippen molar-refractivity contribution >= 4 is 41.0 Å². The number of aromatic nitrogens is 2. The summed E-state index contributed by atoms with van der Waals surface area (Å²) >= 11 is 12.7. The number of aromatic carboxylic acids is 1. The van der Waals surface area contributed by atoms with E-state index in [0.717, 1.165) is 45.8 Å². The van der Waals surface area contributed by atoms with Crippen LogP contribution in [0.15, 0.2) is 67.0 Å². The summed E-state index contributed by atoms with van der Waals surface area (Å²) in [5.74, 6) is -0.0925. The SMILES string of the molecule is Cc1c(Cl)cccc1C1CC1COC(=O)N1CCC(C)c2c(-c3cnn(Cc4cc(C(=O)O)ccc4Cl)c3)cccc21. The van der Waals surface area contributed by atoms with Gasteiger partial charge in [-0.25, -0.2) is 9.59 Å². The minimum Gasteiger partial charge on any atom is -0.478 e. The van der Waals surface area contributed by atoms with Crippen LogP contribution < -0.4 is 4.90 Å². The third kappa shape index (κ3) is 5.51. The third-order valence-corrected chi connectivity index (χ3v) is 9.27. The molecular formula is C33H31Cl2N3O4. The molecule has 0 saturated heterocycles. The van der Waals surface area contributed by atoms with E-state index in [2.05, 4.69) is 18.1 Å². The number of rotatable bonds is 7. The number of carboxylic acid groups (broad SMARTS) is 1. The predicted octanol–water partition coefficient (Wildman–Crippen LogP) is 8.17. The summed E-state index contributed by atoms with van der Waals surface area (Å²) in [6.45, 7) is 5.53. The van der Waals surface area contributed by atoms with Crippen molar-refractivity contribution in [2.24, 2.45) is 5.92 Å². The second-order valence-corrected chi connectivity index (χ2v) is 12.1. The van der Waals surface area contributed by atoms with Crippen LogP contribution in [-0.2, 0) is 11.3 Å². The maximum absolute atomic E-state index is 13.3. The lowest BCUT2D eigenvalue weighted by Crippen LogP contribution is -2.37. The van der Waals surface area contributed by atoms with Gasteiger partial charge in [0.25, 0.3) is 0 Å². The molecule has 1 amide bonds. The summed E-state index contributed by atoms with van der Waals surface area (Å²) in [6.07, 6.45) is 5.20. The van der Waals surface area contributed by atoms with E-state index < -0.39 is 5.97 Å². The van der Waals surface area contributed by atoms with Crippen LogP contribution in [0.3, 0.4) is 0 Å². The first kappa shape index (κ1) is 28.3. The number of carbonyl (C=O) groups is 2. The van der Waals surface area contributed by atoms with E-state index in [1.54, 1.807) is 27.9 Å². The lowest BCUT2D eigenvalue weighted by Gasteiger charge is -2.33. The van der Waals surface area contributed by atoms with Crippen LogP contribution in [0.2, 0.25) is 10.0 Å². The van der Waals surface area contributed by atoms with Gasteiger partial charge in [-0.1, -0.05) is 54.4 Å². The molecule has 4 aromatic rings. The van der Waals surface area contributed by atoms with Crippen molar-refractivity contribution in [3.8, 4) is 11.1 Å². The minimum absolute atomic E-state index is 0.177. The maximum Gasteiger partial charge on any atom is 0.414 e. The molecule has 1 aromatic heterocycles. The van der Waals surface area contributed by atoms with E-state index in [4.69, 9.17) is 27.9 Å². The van der Waals surface area contributed by atoms with E-state index in [1.807, 2.05) is 43.5 Å². The molecule has 2 aliphatic rings. The van der Waals surface area contributed by atoms with Crippen LogP contribution in [0.1, 0.15) is 64.2 Å². The average molecular weight is 605 g/mol. The topological polar surface area (TPSA) is 84.7 Å². The van der Waals surface area contributed by atoms with Crippen molar-refractivity contribution in [2.75, 3.05) is 18.1 Å². The van der Waals surface area contributed by atoms with Crippen LogP contribution in [0.5, 0.6) is 0 Å². The highest BCUT2D eigenvalue weighted by Gasteiger charge is 2.41. The highest BCUT2D eigenvalue weighted by molar-refractivity contribution is 6.31. The number of hydrogen-bond donors (Lipinski definition) is 1. The first-order valence-corrected chi connectivity index (χ1v) is 14.8. The number of carbonyl (C=O) groups excluding carboxylic acids is 1. The van der Waals surface area contributed by atoms with Gasteiger partial charge in [0, 0.05) is 34.3 Å². The molecular weight excluding hydrogens is 573 g/mol. The summed E-state index contributed by atoms with van der Waals surface area (Å²) in [5, 5.41) is 15.1. The van der Waals surface area contributed by atoms with Crippen LogP contribution in [0, 0.1) is 12.8 Å². The molecule has 216 valence electrons. The Morgan fingerprint density at radius 1 is 1.10 bits per heavy atom. The molecule has 0 spiro atoms. The molecule has 1 fully saturated rings. The van der Waals surface area contributed by atoms with Crippen molar-refractivity contribution in [1.29, 1.82) is 0 Å². The first-order chi connectivity index (χ1) is 20.2. The second kappa shape index (κ2) is 11.5. The predicted molar refractivity (Wildman–Crippen MR) is 164 cm³/mol. The molecule has 6 rings (SSSR count). The highest BCUT2D eigenvalue weighted by Crippen LogP contribution is 2.49. The normalized spacial score (nSPS) is 19.3. The van der Waals surface area contributed by atoms with E-state index in [-0.39, 0.29) is 17.6 Å². The van der Waals surface area contributed by atoms with E-state index in [9.17, 15) is 14.7 Å². The number of nitrogens with zero attached hydrogens (tertiary/aromatic N) is 3. The highest BCUT2D eigenvalue weighted by atomic mass is 35.5. The third-order valence-electron chi connectivity index (χ3n) is 8.49. The fourth-order valence-electron chi connectivity index (χ4n) is 6.02. The Labute approximate surface area is 254 Å². The molecule has 3 atom stereocenters. The van der Waals surface area contributed by atoms with Crippen LogP contribution in [-0.4, -0.2) is 40.1 Å². The monoisotopic (exact) mass is 603 g/mol. The van der Waals surface area contributed by atoms with E-state index in [1.165, 1.54) is 11.6 Å². The molecule has 1 N–H and O–H groups in total. The van der Waals surface area contributed by atoms with Gasteiger partial charge in [0.15, 0.2) is 0 Å². The number of ether oxygens (including phenoxy) is 1. The Hall–Kier alpha value is -3.81.